The molecule has 0 aliphatic rings. The molecule has 15 heavy (non-hydrogen) atoms. The summed E-state index contributed by atoms with van der Waals surface area (Å²) in [6, 6.07) is 9.52. The Morgan fingerprint density at radius 1 is 1.20 bits per heavy atom. The molecule has 74 valence electrons. The number of fused-ring (bicyclic) bond motifs is 1. The number of para-hydroxylation sites is 1. The van der Waals surface area contributed by atoms with Gasteiger partial charge in [0, 0.05) is 0 Å². The highest BCUT2D eigenvalue weighted by Crippen LogP contribution is 2.33. The van der Waals surface area contributed by atoms with E-state index in [1.54, 1.807) is 17.6 Å². The molecule has 0 unspecified atom stereocenters. The third-order valence-electron chi connectivity index (χ3n) is 2.10. The number of benzene rings is 1. The molecule has 0 bridgehead atoms. The Kier molecular flexibility index (Phi) is 2.01. The van der Waals surface area contributed by atoms with Gasteiger partial charge in [0.05, 0.1) is 16.0 Å². The fourth-order valence-electron chi connectivity index (χ4n) is 1.42. The lowest BCUT2D eigenvalue weighted by Crippen LogP contribution is -1.71. The van der Waals surface area contributed by atoms with Crippen molar-refractivity contribution < 1.29 is 4.42 Å². The molecule has 0 spiro atoms. The van der Waals surface area contributed by atoms with Gasteiger partial charge >= 0.3 is 0 Å². The van der Waals surface area contributed by atoms with Gasteiger partial charge in [-0.15, -0.1) is 11.3 Å². The Hall–Kier alpha value is -1.32. The van der Waals surface area contributed by atoms with E-state index in [9.17, 15) is 0 Å². The number of halogens is 1. The molecule has 0 amide bonds. The summed E-state index contributed by atoms with van der Waals surface area (Å²) < 4.78 is 6.37. The van der Waals surface area contributed by atoms with Gasteiger partial charge in [0.1, 0.15) is 5.52 Å². The largest absolute Gasteiger partial charge is 0.462 e. The van der Waals surface area contributed by atoms with Crippen molar-refractivity contribution in [1.29, 1.82) is 0 Å². The lowest BCUT2D eigenvalue weighted by molar-refractivity contribution is 0.582. The minimum atomic E-state index is 0.682. The van der Waals surface area contributed by atoms with Crippen LogP contribution in [0.4, 0.5) is 0 Å². The summed E-state index contributed by atoms with van der Waals surface area (Å²) in [6.07, 6.45) is 1.64. The van der Waals surface area contributed by atoms with Crippen LogP contribution in [0.2, 0.25) is 5.02 Å². The smallest absolute Gasteiger partial charge is 0.162 e. The van der Waals surface area contributed by atoms with Crippen LogP contribution in [0.25, 0.3) is 21.0 Å². The first-order valence-corrected chi connectivity index (χ1v) is 5.63. The quantitative estimate of drug-likeness (QED) is 0.632. The van der Waals surface area contributed by atoms with E-state index in [-0.39, 0.29) is 0 Å². The molecular formula is C11H6ClNOS. The summed E-state index contributed by atoms with van der Waals surface area (Å²) in [4.78, 5) is 4.45. The molecule has 2 aromatic heterocycles. The van der Waals surface area contributed by atoms with Gasteiger partial charge in [-0.3, -0.25) is 0 Å². The van der Waals surface area contributed by atoms with E-state index in [4.69, 9.17) is 16.0 Å². The van der Waals surface area contributed by atoms with E-state index < -0.39 is 0 Å². The van der Waals surface area contributed by atoms with E-state index in [2.05, 4.69) is 4.98 Å². The molecule has 0 fully saturated rings. The number of nitrogens with zero attached hydrogens (tertiary/aromatic N) is 1. The second-order valence-corrected chi connectivity index (χ2v) is 4.52. The van der Waals surface area contributed by atoms with Gasteiger partial charge in [0.2, 0.25) is 0 Å². The first kappa shape index (κ1) is 8.95. The van der Waals surface area contributed by atoms with Crippen LogP contribution in [-0.4, -0.2) is 4.98 Å². The SMILES string of the molecule is Clc1cccc2sc(-c3ccco3)nc12. The van der Waals surface area contributed by atoms with Crippen molar-refractivity contribution in [2.24, 2.45) is 0 Å². The maximum atomic E-state index is 6.05. The molecule has 1 aromatic carbocycles. The molecule has 0 aliphatic carbocycles. The second kappa shape index (κ2) is 3.36. The Morgan fingerprint density at radius 2 is 2.13 bits per heavy atom. The molecule has 0 saturated carbocycles. The average molecular weight is 236 g/mol. The van der Waals surface area contributed by atoms with E-state index in [1.165, 1.54) is 0 Å². The number of aromatic nitrogens is 1. The molecule has 2 heterocycles. The third-order valence-corrected chi connectivity index (χ3v) is 3.44. The number of hydrogen-bond acceptors (Lipinski definition) is 3. The summed E-state index contributed by atoms with van der Waals surface area (Å²) in [5, 5.41) is 1.55. The molecule has 2 nitrogen and oxygen atoms in total. The molecule has 3 aromatic rings. The molecule has 0 saturated heterocycles. The zero-order chi connectivity index (χ0) is 10.3. The van der Waals surface area contributed by atoms with Gasteiger partial charge < -0.3 is 4.42 Å². The monoisotopic (exact) mass is 235 g/mol. The molecule has 0 aliphatic heterocycles. The zero-order valence-corrected chi connectivity index (χ0v) is 9.18. The van der Waals surface area contributed by atoms with Crippen molar-refractivity contribution in [1.82, 2.24) is 4.98 Å². The molecule has 4 heteroatoms. The van der Waals surface area contributed by atoms with Gasteiger partial charge in [-0.05, 0) is 24.3 Å². The van der Waals surface area contributed by atoms with Crippen LogP contribution in [0.5, 0.6) is 0 Å². The average Bonchev–Trinajstić information content (AvgIpc) is 2.86. The third kappa shape index (κ3) is 1.44. The van der Waals surface area contributed by atoms with Crippen LogP contribution in [0, 0.1) is 0 Å². The Bertz CT molecular complexity index is 600. The fourth-order valence-corrected chi connectivity index (χ4v) is 2.65. The van der Waals surface area contributed by atoms with E-state index in [1.807, 2.05) is 30.3 Å². The van der Waals surface area contributed by atoms with E-state index in [0.29, 0.717) is 5.02 Å². The lowest BCUT2D eigenvalue weighted by Gasteiger charge is -1.88. The van der Waals surface area contributed by atoms with Crippen molar-refractivity contribution in [2.75, 3.05) is 0 Å². The van der Waals surface area contributed by atoms with Crippen LogP contribution < -0.4 is 0 Å². The summed E-state index contributed by atoms with van der Waals surface area (Å²) in [7, 11) is 0. The first-order chi connectivity index (χ1) is 7.34. The summed E-state index contributed by atoms with van der Waals surface area (Å²) >= 11 is 7.63. The highest BCUT2D eigenvalue weighted by Gasteiger charge is 2.09. The van der Waals surface area contributed by atoms with Gasteiger partial charge in [0.25, 0.3) is 0 Å². The molecule has 0 atom stereocenters. The van der Waals surface area contributed by atoms with Crippen molar-refractivity contribution in [3.63, 3.8) is 0 Å². The zero-order valence-electron chi connectivity index (χ0n) is 7.61. The molecular weight excluding hydrogens is 230 g/mol. The van der Waals surface area contributed by atoms with Crippen molar-refractivity contribution >= 4 is 33.2 Å². The predicted octanol–water partition coefficient (Wildman–Crippen LogP) is 4.21. The van der Waals surface area contributed by atoms with Crippen LogP contribution in [-0.2, 0) is 0 Å². The van der Waals surface area contributed by atoms with Crippen LogP contribution in [0.3, 0.4) is 0 Å². The fraction of sp³-hybridized carbons (Fsp3) is 0. The number of thiazole rings is 1. The first-order valence-electron chi connectivity index (χ1n) is 4.43. The normalized spacial score (nSPS) is 11.0. The maximum absolute atomic E-state index is 6.05. The number of rotatable bonds is 1. The standard InChI is InChI=1S/C11H6ClNOS/c12-7-3-1-5-9-10(7)13-11(15-9)8-4-2-6-14-8/h1-6H. The van der Waals surface area contributed by atoms with E-state index >= 15 is 0 Å². The highest BCUT2D eigenvalue weighted by atomic mass is 35.5. The summed E-state index contributed by atoms with van der Waals surface area (Å²) in [6.45, 7) is 0. The van der Waals surface area contributed by atoms with E-state index in [0.717, 1.165) is 21.0 Å². The van der Waals surface area contributed by atoms with Crippen LogP contribution in [0.1, 0.15) is 0 Å². The van der Waals surface area contributed by atoms with Crippen molar-refractivity contribution in [2.45, 2.75) is 0 Å². The van der Waals surface area contributed by atoms with Gasteiger partial charge in [-0.2, -0.15) is 0 Å². The molecule has 0 N–H and O–H groups in total. The lowest BCUT2D eigenvalue weighted by atomic mass is 10.3. The minimum Gasteiger partial charge on any atom is -0.462 e. The topological polar surface area (TPSA) is 26.0 Å². The molecule has 0 radical (unpaired) electrons. The van der Waals surface area contributed by atoms with Gasteiger partial charge in [-0.1, -0.05) is 17.7 Å². The Balaban J connectivity index is 2.27. The highest BCUT2D eigenvalue weighted by molar-refractivity contribution is 7.21. The van der Waals surface area contributed by atoms with Crippen LogP contribution >= 0.6 is 22.9 Å². The van der Waals surface area contributed by atoms with Gasteiger partial charge in [-0.25, -0.2) is 4.98 Å². The number of furan rings is 1. The maximum Gasteiger partial charge on any atom is 0.162 e. The summed E-state index contributed by atoms with van der Waals surface area (Å²) in [5.41, 5.74) is 0.843. The summed E-state index contributed by atoms with van der Waals surface area (Å²) in [5.74, 6) is 0.785. The molecule has 3 rings (SSSR count). The Labute approximate surface area is 95.1 Å². The second-order valence-electron chi connectivity index (χ2n) is 3.08. The van der Waals surface area contributed by atoms with Crippen LogP contribution in [0.15, 0.2) is 41.0 Å². The van der Waals surface area contributed by atoms with Crippen molar-refractivity contribution in [3.05, 3.63) is 41.6 Å². The van der Waals surface area contributed by atoms with Crippen molar-refractivity contribution in [3.8, 4) is 10.8 Å². The van der Waals surface area contributed by atoms with Gasteiger partial charge in [0.15, 0.2) is 10.8 Å². The minimum absolute atomic E-state index is 0.682. The Morgan fingerprint density at radius 3 is 2.87 bits per heavy atom. The predicted molar refractivity (Wildman–Crippen MR) is 62.3 cm³/mol. The number of hydrogen-bond donors (Lipinski definition) is 0.